The Morgan fingerprint density at radius 2 is 1.93 bits per heavy atom. The van der Waals surface area contributed by atoms with E-state index in [9.17, 15) is 4.79 Å². The highest BCUT2D eigenvalue weighted by Crippen LogP contribution is 2.19. The molecular weight excluding hydrogens is 352 g/mol. The molecule has 28 heavy (non-hydrogen) atoms. The first-order valence-electron chi connectivity index (χ1n) is 9.46. The lowest BCUT2D eigenvalue weighted by molar-refractivity contribution is 0.102. The van der Waals surface area contributed by atoms with Gasteiger partial charge in [-0.1, -0.05) is 25.1 Å². The molecule has 0 bridgehead atoms. The number of amides is 1. The summed E-state index contributed by atoms with van der Waals surface area (Å²) in [6.45, 7) is 10.4. The second-order valence-electron chi connectivity index (χ2n) is 7.06. The molecule has 0 aliphatic heterocycles. The summed E-state index contributed by atoms with van der Waals surface area (Å²) >= 11 is 0. The van der Waals surface area contributed by atoms with Crippen LogP contribution in [0.3, 0.4) is 0 Å². The number of hydrogen-bond acceptors (Lipinski definition) is 5. The number of hydrogen-bond donors (Lipinski definition) is 1. The number of aromatic nitrogens is 4. The van der Waals surface area contributed by atoms with Crippen molar-refractivity contribution in [3.63, 3.8) is 0 Å². The number of carbonyl (C=O) groups excluding carboxylic acids is 1. The Balaban J connectivity index is 1.71. The number of aryl methyl sites for hydroxylation is 1. The summed E-state index contributed by atoms with van der Waals surface area (Å²) in [5, 5.41) is 14.2. The largest absolute Gasteiger partial charge is 0.322 e. The predicted octanol–water partition coefficient (Wildman–Crippen LogP) is 3.45. The molecule has 1 N–H and O–H groups in total. The molecule has 1 heterocycles. The number of nitrogens with zero attached hydrogens (tertiary/aromatic N) is 5. The van der Waals surface area contributed by atoms with Crippen LogP contribution in [0.25, 0.3) is 5.69 Å². The fraction of sp³-hybridized carbons (Fsp3) is 0.333. The number of rotatable bonds is 7. The molecule has 3 aromatic rings. The van der Waals surface area contributed by atoms with Crippen LogP contribution in [0.15, 0.2) is 48.8 Å². The van der Waals surface area contributed by atoms with Gasteiger partial charge in [0.05, 0.1) is 5.69 Å². The van der Waals surface area contributed by atoms with Gasteiger partial charge in [0.2, 0.25) is 0 Å². The van der Waals surface area contributed by atoms with Crippen LogP contribution in [0.4, 0.5) is 5.69 Å². The molecule has 1 aromatic heterocycles. The highest BCUT2D eigenvalue weighted by atomic mass is 16.1. The van der Waals surface area contributed by atoms with Crippen molar-refractivity contribution < 1.29 is 4.79 Å². The lowest BCUT2D eigenvalue weighted by Crippen LogP contribution is -2.29. The van der Waals surface area contributed by atoms with Crippen LogP contribution in [-0.4, -0.2) is 43.6 Å². The van der Waals surface area contributed by atoms with Gasteiger partial charge in [-0.3, -0.25) is 9.69 Å². The first kappa shape index (κ1) is 19.7. The van der Waals surface area contributed by atoms with E-state index in [-0.39, 0.29) is 5.91 Å². The third kappa shape index (κ3) is 4.61. The molecule has 0 saturated carbocycles. The third-order valence-corrected chi connectivity index (χ3v) is 4.80. The van der Waals surface area contributed by atoms with Gasteiger partial charge >= 0.3 is 0 Å². The second kappa shape index (κ2) is 8.75. The molecule has 0 unspecified atom stereocenters. The Bertz CT molecular complexity index is 919. The van der Waals surface area contributed by atoms with Crippen LogP contribution in [0.1, 0.15) is 42.3 Å². The quantitative estimate of drug-likeness (QED) is 0.681. The second-order valence-corrected chi connectivity index (χ2v) is 7.06. The first-order chi connectivity index (χ1) is 13.5. The summed E-state index contributed by atoms with van der Waals surface area (Å²) in [5.41, 5.74) is 4.36. The number of nitrogens with one attached hydrogen (secondary N) is 1. The molecule has 3 rings (SSSR count). The molecule has 0 aliphatic rings. The maximum absolute atomic E-state index is 12.6. The van der Waals surface area contributed by atoms with Gasteiger partial charge in [-0.05, 0) is 73.1 Å². The van der Waals surface area contributed by atoms with E-state index in [4.69, 9.17) is 0 Å². The first-order valence-corrected chi connectivity index (χ1v) is 9.46. The van der Waals surface area contributed by atoms with Crippen LogP contribution < -0.4 is 5.32 Å². The fourth-order valence-electron chi connectivity index (χ4n) is 3.06. The summed E-state index contributed by atoms with van der Waals surface area (Å²) in [4.78, 5) is 15.0. The Kier molecular flexibility index (Phi) is 6.16. The number of benzene rings is 2. The van der Waals surface area contributed by atoms with Gasteiger partial charge in [-0.25, -0.2) is 4.68 Å². The molecule has 0 atom stereocenters. The normalized spacial score (nSPS) is 11.2. The Morgan fingerprint density at radius 3 is 2.54 bits per heavy atom. The molecular formula is C21H26N6O. The molecule has 7 nitrogen and oxygen atoms in total. The molecule has 0 spiro atoms. The smallest absolute Gasteiger partial charge is 0.255 e. The predicted molar refractivity (Wildman–Crippen MR) is 110 cm³/mol. The van der Waals surface area contributed by atoms with Crippen molar-refractivity contribution in [2.24, 2.45) is 0 Å². The standard InChI is InChI=1S/C21H26N6O/c1-5-26(15(2)3)13-17-7-9-18(10-8-17)21(28)23-19-11-6-16(4)20(12-19)27-14-22-24-25-27/h6-12,14-15H,5,13H2,1-4H3,(H,23,28). The van der Waals surface area contributed by atoms with Crippen molar-refractivity contribution in [1.29, 1.82) is 0 Å². The van der Waals surface area contributed by atoms with Crippen molar-refractivity contribution in [1.82, 2.24) is 25.1 Å². The van der Waals surface area contributed by atoms with Gasteiger partial charge in [-0.2, -0.15) is 0 Å². The van der Waals surface area contributed by atoms with Crippen molar-refractivity contribution in [2.75, 3.05) is 11.9 Å². The molecule has 0 aliphatic carbocycles. The van der Waals surface area contributed by atoms with E-state index in [1.54, 1.807) is 4.68 Å². The maximum Gasteiger partial charge on any atom is 0.255 e. The summed E-state index contributed by atoms with van der Waals surface area (Å²) < 4.78 is 1.58. The lowest BCUT2D eigenvalue weighted by atomic mass is 10.1. The summed E-state index contributed by atoms with van der Waals surface area (Å²) in [5.74, 6) is -0.144. The van der Waals surface area contributed by atoms with E-state index < -0.39 is 0 Å². The molecule has 2 aromatic carbocycles. The average molecular weight is 378 g/mol. The molecule has 0 saturated heterocycles. The monoisotopic (exact) mass is 378 g/mol. The van der Waals surface area contributed by atoms with E-state index in [2.05, 4.69) is 46.5 Å². The minimum Gasteiger partial charge on any atom is -0.322 e. The van der Waals surface area contributed by atoms with Gasteiger partial charge in [0.25, 0.3) is 5.91 Å². The number of tetrazole rings is 1. The van der Waals surface area contributed by atoms with Crippen LogP contribution in [0.5, 0.6) is 0 Å². The topological polar surface area (TPSA) is 75.9 Å². The van der Waals surface area contributed by atoms with Crippen LogP contribution >= 0.6 is 0 Å². The number of anilines is 1. The SMILES string of the molecule is CCN(Cc1ccc(C(=O)Nc2ccc(C)c(-n3cnnn3)c2)cc1)C(C)C. The van der Waals surface area contributed by atoms with Crippen LogP contribution in [0.2, 0.25) is 0 Å². The van der Waals surface area contributed by atoms with Crippen molar-refractivity contribution in [2.45, 2.75) is 40.3 Å². The zero-order valence-electron chi connectivity index (χ0n) is 16.8. The van der Waals surface area contributed by atoms with Crippen LogP contribution in [-0.2, 0) is 6.54 Å². The zero-order valence-corrected chi connectivity index (χ0v) is 16.8. The van der Waals surface area contributed by atoms with E-state index in [1.165, 1.54) is 11.9 Å². The molecule has 7 heteroatoms. The summed E-state index contributed by atoms with van der Waals surface area (Å²) in [6.07, 6.45) is 1.53. The van der Waals surface area contributed by atoms with Gasteiger partial charge in [0.1, 0.15) is 6.33 Å². The van der Waals surface area contributed by atoms with Gasteiger partial charge in [0, 0.05) is 23.8 Å². The van der Waals surface area contributed by atoms with E-state index >= 15 is 0 Å². The molecule has 146 valence electrons. The third-order valence-electron chi connectivity index (χ3n) is 4.80. The minimum absolute atomic E-state index is 0.144. The van der Waals surface area contributed by atoms with Crippen molar-refractivity contribution >= 4 is 11.6 Å². The van der Waals surface area contributed by atoms with Crippen LogP contribution in [0, 0.1) is 6.92 Å². The summed E-state index contributed by atoms with van der Waals surface area (Å²) in [6, 6.07) is 13.9. The van der Waals surface area contributed by atoms with Gasteiger partial charge in [0.15, 0.2) is 0 Å². The maximum atomic E-state index is 12.6. The molecule has 1 amide bonds. The Morgan fingerprint density at radius 1 is 1.18 bits per heavy atom. The Hall–Kier alpha value is -3.06. The fourth-order valence-corrected chi connectivity index (χ4v) is 3.06. The average Bonchev–Trinajstić information content (AvgIpc) is 3.22. The highest BCUT2D eigenvalue weighted by molar-refractivity contribution is 6.04. The number of carbonyl (C=O) groups is 1. The minimum atomic E-state index is -0.144. The summed E-state index contributed by atoms with van der Waals surface area (Å²) in [7, 11) is 0. The van der Waals surface area contributed by atoms with Crippen molar-refractivity contribution in [3.8, 4) is 5.69 Å². The van der Waals surface area contributed by atoms with E-state index in [1.807, 2.05) is 49.4 Å². The highest BCUT2D eigenvalue weighted by Gasteiger charge is 2.11. The lowest BCUT2D eigenvalue weighted by Gasteiger charge is -2.24. The van der Waals surface area contributed by atoms with Crippen molar-refractivity contribution in [3.05, 3.63) is 65.5 Å². The van der Waals surface area contributed by atoms with E-state index in [0.29, 0.717) is 17.3 Å². The molecule has 0 radical (unpaired) electrons. The van der Waals surface area contributed by atoms with E-state index in [0.717, 1.165) is 24.3 Å². The van der Waals surface area contributed by atoms with Gasteiger partial charge < -0.3 is 5.32 Å². The Labute approximate surface area is 165 Å². The van der Waals surface area contributed by atoms with Gasteiger partial charge in [-0.15, -0.1) is 5.10 Å². The molecule has 0 fully saturated rings. The zero-order chi connectivity index (χ0) is 20.1.